The Morgan fingerprint density at radius 2 is 1.78 bits per heavy atom. The third-order valence-corrected chi connectivity index (χ3v) is 5.21. The van der Waals surface area contributed by atoms with Crippen LogP contribution in [0.2, 0.25) is 0 Å². The van der Waals surface area contributed by atoms with Crippen LogP contribution in [0.15, 0.2) is 0 Å². The summed E-state index contributed by atoms with van der Waals surface area (Å²) < 4.78 is 0. The van der Waals surface area contributed by atoms with Crippen LogP contribution < -0.4 is 10.6 Å². The second kappa shape index (κ2) is 9.01. The van der Waals surface area contributed by atoms with E-state index >= 15 is 0 Å². The number of urea groups is 1. The maximum absolute atomic E-state index is 11.6. The highest BCUT2D eigenvalue weighted by atomic mass is 16.2. The highest BCUT2D eigenvalue weighted by Crippen LogP contribution is 2.39. The second-order valence-corrected chi connectivity index (χ2v) is 6.34. The van der Waals surface area contributed by atoms with Gasteiger partial charge in [0.05, 0.1) is 0 Å². The number of aliphatic hydroxyl groups is 1. The molecule has 1 heterocycles. The van der Waals surface area contributed by atoms with Crippen molar-refractivity contribution >= 4 is 17.7 Å². The van der Waals surface area contributed by atoms with Crippen LogP contribution in [0, 0.1) is 11.8 Å². The van der Waals surface area contributed by atoms with Crippen LogP contribution in [0.5, 0.6) is 0 Å². The highest BCUT2D eigenvalue weighted by Gasteiger charge is 2.53. The van der Waals surface area contributed by atoms with Gasteiger partial charge in [0.15, 0.2) is 0 Å². The molecule has 2 saturated carbocycles. The van der Waals surface area contributed by atoms with E-state index in [9.17, 15) is 14.4 Å². The molecule has 1 spiro atoms. The summed E-state index contributed by atoms with van der Waals surface area (Å²) in [6, 6.07) is -0.328. The fraction of sp³-hybridized carbons (Fsp3) is 0.824. The Hall–Kier alpha value is -1.43. The number of carbonyl (C=O) groups excluding carboxylic acids is 3. The first-order valence-electron chi connectivity index (χ1n) is 8.64. The third-order valence-electron chi connectivity index (χ3n) is 5.21. The number of hydrogen-bond acceptors (Lipinski definition) is 4. The minimum Gasteiger partial charge on any atom is -0.400 e. The van der Waals surface area contributed by atoms with E-state index in [-0.39, 0.29) is 11.9 Å². The van der Waals surface area contributed by atoms with Gasteiger partial charge in [0.2, 0.25) is 0 Å². The van der Waals surface area contributed by atoms with E-state index < -0.39 is 5.54 Å². The van der Waals surface area contributed by atoms with Crippen molar-refractivity contribution in [2.75, 3.05) is 7.11 Å². The fourth-order valence-corrected chi connectivity index (χ4v) is 3.92. The molecule has 3 unspecified atom stereocenters. The Bertz CT molecular complexity index is 438. The molecule has 132 valence electrons. The third kappa shape index (κ3) is 4.31. The van der Waals surface area contributed by atoms with Crippen molar-refractivity contribution in [3.05, 3.63) is 0 Å². The van der Waals surface area contributed by atoms with Gasteiger partial charge in [-0.3, -0.25) is 14.9 Å². The normalized spacial score (nSPS) is 31.9. The Morgan fingerprint density at radius 3 is 2.17 bits per heavy atom. The molecule has 3 fully saturated rings. The molecular formula is C17H30N2O4. The average molecular weight is 326 g/mol. The highest BCUT2D eigenvalue weighted by molar-refractivity contribution is 6.07. The maximum Gasteiger partial charge on any atom is 0.322 e. The Kier molecular flexibility index (Phi) is 7.68. The molecule has 6 nitrogen and oxygen atoms in total. The predicted octanol–water partition coefficient (Wildman–Crippen LogP) is 2.15. The van der Waals surface area contributed by atoms with E-state index in [0.717, 1.165) is 58.5 Å². The van der Waals surface area contributed by atoms with Crippen LogP contribution in [0.3, 0.4) is 0 Å². The molecule has 3 atom stereocenters. The average Bonchev–Trinajstić information content (AvgIpc) is 3.22. The van der Waals surface area contributed by atoms with Crippen molar-refractivity contribution in [1.29, 1.82) is 0 Å². The van der Waals surface area contributed by atoms with Crippen molar-refractivity contribution in [3.8, 4) is 0 Å². The Morgan fingerprint density at radius 1 is 1.09 bits per heavy atom. The summed E-state index contributed by atoms with van der Waals surface area (Å²) >= 11 is 0. The van der Waals surface area contributed by atoms with E-state index in [4.69, 9.17) is 5.11 Å². The largest absolute Gasteiger partial charge is 0.400 e. The maximum atomic E-state index is 11.6. The second-order valence-electron chi connectivity index (χ2n) is 6.34. The SMILES string of the molecule is CCC1CCCC12NC(=O)NC2=O.CCC1CCCC1=O.CO. The topological polar surface area (TPSA) is 95.5 Å². The molecule has 2 aliphatic carbocycles. The molecule has 3 rings (SSSR count). The quantitative estimate of drug-likeness (QED) is 0.678. The van der Waals surface area contributed by atoms with Crippen LogP contribution in [-0.4, -0.2) is 35.5 Å². The summed E-state index contributed by atoms with van der Waals surface area (Å²) in [6.07, 6.45) is 8.01. The van der Waals surface area contributed by atoms with Crippen molar-refractivity contribution in [2.45, 2.75) is 70.8 Å². The van der Waals surface area contributed by atoms with Crippen LogP contribution in [-0.2, 0) is 9.59 Å². The molecule has 0 bridgehead atoms. The van der Waals surface area contributed by atoms with Gasteiger partial charge in [-0.1, -0.05) is 26.7 Å². The van der Waals surface area contributed by atoms with E-state index in [1.165, 1.54) is 0 Å². The van der Waals surface area contributed by atoms with Crippen molar-refractivity contribution in [1.82, 2.24) is 10.6 Å². The lowest BCUT2D eigenvalue weighted by molar-refractivity contribution is -0.125. The standard InChI is InChI=1S/C9H14N2O2.C7H12O.CH4O/c1-2-6-4-3-5-9(6)7(12)10-8(13)11-9;1-2-6-4-3-5-7(6)8;1-2/h6H,2-5H2,1H3,(H2,10,11,12,13);6H,2-5H2,1H3;2H,1H3. The van der Waals surface area contributed by atoms with Gasteiger partial charge in [-0.05, 0) is 38.0 Å². The van der Waals surface area contributed by atoms with E-state index in [1.807, 2.05) is 0 Å². The molecule has 23 heavy (non-hydrogen) atoms. The first-order valence-corrected chi connectivity index (χ1v) is 8.64. The Labute approximate surface area is 138 Å². The summed E-state index contributed by atoms with van der Waals surface area (Å²) in [5.74, 6) is 1.11. The van der Waals surface area contributed by atoms with Gasteiger partial charge in [-0.2, -0.15) is 0 Å². The van der Waals surface area contributed by atoms with Crippen LogP contribution in [0.1, 0.15) is 65.2 Å². The number of carbonyl (C=O) groups is 3. The lowest BCUT2D eigenvalue weighted by Gasteiger charge is -2.26. The fourth-order valence-electron chi connectivity index (χ4n) is 3.92. The number of nitrogens with one attached hydrogen (secondary N) is 2. The zero-order valence-corrected chi connectivity index (χ0v) is 14.5. The molecule has 3 N–H and O–H groups in total. The number of amides is 3. The molecule has 1 aliphatic heterocycles. The molecule has 0 aromatic heterocycles. The lowest BCUT2D eigenvalue weighted by Crippen LogP contribution is -2.49. The molecule has 1 saturated heterocycles. The lowest BCUT2D eigenvalue weighted by atomic mass is 9.85. The van der Waals surface area contributed by atoms with Crippen LogP contribution >= 0.6 is 0 Å². The van der Waals surface area contributed by atoms with Gasteiger partial charge >= 0.3 is 6.03 Å². The molecular weight excluding hydrogens is 296 g/mol. The predicted molar refractivity (Wildman–Crippen MR) is 87.8 cm³/mol. The molecule has 0 aromatic carbocycles. The number of aliphatic hydroxyl groups excluding tert-OH is 1. The van der Waals surface area contributed by atoms with Gasteiger partial charge in [0.1, 0.15) is 11.3 Å². The van der Waals surface area contributed by atoms with Gasteiger partial charge in [-0.25, -0.2) is 4.79 Å². The van der Waals surface area contributed by atoms with Gasteiger partial charge in [0, 0.05) is 19.4 Å². The number of hydrogen-bond donors (Lipinski definition) is 3. The van der Waals surface area contributed by atoms with E-state index in [0.29, 0.717) is 17.6 Å². The zero-order chi connectivity index (χ0) is 17.5. The minimum absolute atomic E-state index is 0.123. The van der Waals surface area contributed by atoms with Gasteiger partial charge in [-0.15, -0.1) is 0 Å². The summed E-state index contributed by atoms with van der Waals surface area (Å²) in [4.78, 5) is 33.4. The van der Waals surface area contributed by atoms with Gasteiger partial charge < -0.3 is 10.4 Å². The van der Waals surface area contributed by atoms with E-state index in [1.54, 1.807) is 0 Å². The number of ketones is 1. The van der Waals surface area contributed by atoms with Crippen molar-refractivity contribution in [2.24, 2.45) is 11.8 Å². The first-order chi connectivity index (χ1) is 11.0. The molecule has 3 amide bonds. The monoisotopic (exact) mass is 326 g/mol. The molecule has 3 aliphatic rings. The van der Waals surface area contributed by atoms with Crippen LogP contribution in [0.25, 0.3) is 0 Å². The number of Topliss-reactive ketones (excluding diaryl/α,β-unsaturated/α-hetero) is 1. The molecule has 0 aromatic rings. The molecule has 0 radical (unpaired) electrons. The van der Waals surface area contributed by atoms with Crippen LogP contribution in [0.4, 0.5) is 4.79 Å². The summed E-state index contributed by atoms with van der Waals surface area (Å²) in [7, 11) is 1.00. The van der Waals surface area contributed by atoms with Gasteiger partial charge in [0.25, 0.3) is 5.91 Å². The molecule has 6 heteroatoms. The minimum atomic E-state index is -0.564. The summed E-state index contributed by atoms with van der Waals surface area (Å²) in [5.41, 5.74) is -0.564. The number of imide groups is 1. The smallest absolute Gasteiger partial charge is 0.322 e. The summed E-state index contributed by atoms with van der Waals surface area (Å²) in [6.45, 7) is 4.16. The first kappa shape index (κ1) is 19.6. The Balaban J connectivity index is 0.000000228. The van der Waals surface area contributed by atoms with Crippen molar-refractivity contribution < 1.29 is 19.5 Å². The van der Waals surface area contributed by atoms with Crippen molar-refractivity contribution in [3.63, 3.8) is 0 Å². The number of rotatable bonds is 2. The zero-order valence-electron chi connectivity index (χ0n) is 14.5. The summed E-state index contributed by atoms with van der Waals surface area (Å²) in [5, 5.41) is 12.1. The van der Waals surface area contributed by atoms with E-state index in [2.05, 4.69) is 24.5 Å².